The van der Waals surface area contributed by atoms with Crippen LogP contribution in [0.2, 0.25) is 0 Å². The summed E-state index contributed by atoms with van der Waals surface area (Å²) in [6.45, 7) is 4.17. The molecule has 0 aromatic heterocycles. The number of urea groups is 1. The number of carboxylic acids is 1. The summed E-state index contributed by atoms with van der Waals surface area (Å²) < 4.78 is 0. The Morgan fingerprint density at radius 2 is 1.86 bits per heavy atom. The Labute approximate surface area is 125 Å². The molecule has 1 N–H and O–H groups in total. The molecule has 2 saturated heterocycles. The second-order valence-corrected chi connectivity index (χ2v) is 6.63. The summed E-state index contributed by atoms with van der Waals surface area (Å²) in [5, 5.41) is 9.05. The molecular formula is C15H25N3O3. The molecule has 6 nitrogen and oxygen atoms in total. The van der Waals surface area contributed by atoms with Crippen LogP contribution in [-0.4, -0.2) is 77.1 Å². The third-order valence-electron chi connectivity index (χ3n) is 4.85. The van der Waals surface area contributed by atoms with Gasteiger partial charge in [0.1, 0.15) is 6.54 Å². The van der Waals surface area contributed by atoms with Crippen molar-refractivity contribution in [2.45, 2.75) is 38.1 Å². The van der Waals surface area contributed by atoms with Gasteiger partial charge in [-0.1, -0.05) is 0 Å². The molecule has 0 radical (unpaired) electrons. The molecule has 6 heteroatoms. The van der Waals surface area contributed by atoms with Crippen molar-refractivity contribution < 1.29 is 14.7 Å². The number of carbonyl (C=O) groups is 2. The van der Waals surface area contributed by atoms with Gasteiger partial charge in [-0.2, -0.15) is 0 Å². The molecular weight excluding hydrogens is 270 g/mol. The highest BCUT2D eigenvalue weighted by molar-refractivity contribution is 5.80. The molecule has 2 amide bonds. The van der Waals surface area contributed by atoms with Crippen molar-refractivity contribution >= 4 is 12.0 Å². The number of aliphatic carboxylic acids is 1. The SMILES string of the molecule is O=C(O)CN(CC1CC1)C(=O)N1CCCN2CCCC2C1. The molecule has 0 aromatic rings. The van der Waals surface area contributed by atoms with Crippen molar-refractivity contribution in [3.8, 4) is 0 Å². The highest BCUT2D eigenvalue weighted by Gasteiger charge is 2.34. The van der Waals surface area contributed by atoms with Crippen molar-refractivity contribution in [3.05, 3.63) is 0 Å². The number of carbonyl (C=O) groups excluding carboxylic acids is 1. The zero-order valence-electron chi connectivity index (χ0n) is 12.5. The van der Waals surface area contributed by atoms with Crippen molar-refractivity contribution in [1.29, 1.82) is 0 Å². The Kier molecular flexibility index (Phi) is 4.33. The number of fused-ring (bicyclic) bond motifs is 1. The van der Waals surface area contributed by atoms with Crippen LogP contribution in [0.3, 0.4) is 0 Å². The molecule has 1 saturated carbocycles. The van der Waals surface area contributed by atoms with Crippen molar-refractivity contribution in [1.82, 2.24) is 14.7 Å². The van der Waals surface area contributed by atoms with E-state index in [-0.39, 0.29) is 12.6 Å². The Morgan fingerprint density at radius 1 is 1.10 bits per heavy atom. The van der Waals surface area contributed by atoms with Gasteiger partial charge in [0.05, 0.1) is 0 Å². The van der Waals surface area contributed by atoms with E-state index in [0.29, 0.717) is 18.5 Å². The van der Waals surface area contributed by atoms with E-state index < -0.39 is 5.97 Å². The highest BCUT2D eigenvalue weighted by Crippen LogP contribution is 2.30. The summed E-state index contributed by atoms with van der Waals surface area (Å²) in [5.41, 5.74) is 0. The number of carboxylic acid groups (broad SMARTS) is 1. The van der Waals surface area contributed by atoms with Gasteiger partial charge in [0.2, 0.25) is 0 Å². The van der Waals surface area contributed by atoms with E-state index in [2.05, 4.69) is 4.90 Å². The summed E-state index contributed by atoms with van der Waals surface area (Å²) in [5.74, 6) is -0.399. The van der Waals surface area contributed by atoms with E-state index in [9.17, 15) is 9.59 Å². The minimum absolute atomic E-state index is 0.0712. The summed E-state index contributed by atoms with van der Waals surface area (Å²) in [6, 6.07) is 0.405. The van der Waals surface area contributed by atoms with Gasteiger partial charge < -0.3 is 14.9 Å². The van der Waals surface area contributed by atoms with Gasteiger partial charge in [-0.05, 0) is 44.6 Å². The highest BCUT2D eigenvalue weighted by atomic mass is 16.4. The van der Waals surface area contributed by atoms with E-state index in [1.807, 2.05) is 4.90 Å². The minimum Gasteiger partial charge on any atom is -0.480 e. The molecule has 21 heavy (non-hydrogen) atoms. The number of amides is 2. The van der Waals surface area contributed by atoms with Gasteiger partial charge in [0.25, 0.3) is 0 Å². The van der Waals surface area contributed by atoms with Crippen LogP contribution >= 0.6 is 0 Å². The first-order valence-corrected chi connectivity index (χ1v) is 8.13. The Bertz CT molecular complexity index is 411. The maximum absolute atomic E-state index is 12.7. The van der Waals surface area contributed by atoms with Crippen LogP contribution in [0.5, 0.6) is 0 Å². The second kappa shape index (κ2) is 6.22. The van der Waals surface area contributed by atoms with Crippen LogP contribution in [-0.2, 0) is 4.79 Å². The molecule has 0 bridgehead atoms. The molecule has 1 aliphatic carbocycles. The van der Waals surface area contributed by atoms with Gasteiger partial charge in [-0.15, -0.1) is 0 Å². The predicted molar refractivity (Wildman–Crippen MR) is 78.1 cm³/mol. The maximum atomic E-state index is 12.7. The Hall–Kier alpha value is -1.30. The molecule has 1 atom stereocenters. The Morgan fingerprint density at radius 3 is 2.57 bits per heavy atom. The molecule has 3 rings (SSSR count). The van der Waals surface area contributed by atoms with E-state index >= 15 is 0 Å². The standard InChI is InChI=1S/C15H25N3O3/c19-14(20)11-18(9-12-4-5-12)15(21)17-8-2-7-16-6-1-3-13(16)10-17/h12-13H,1-11H2,(H,19,20). The number of hydrogen-bond donors (Lipinski definition) is 1. The van der Waals surface area contributed by atoms with Crippen molar-refractivity contribution in [2.24, 2.45) is 5.92 Å². The lowest BCUT2D eigenvalue weighted by molar-refractivity contribution is -0.137. The van der Waals surface area contributed by atoms with Crippen molar-refractivity contribution in [3.63, 3.8) is 0 Å². The zero-order valence-corrected chi connectivity index (χ0v) is 12.5. The van der Waals surface area contributed by atoms with Gasteiger partial charge in [-0.25, -0.2) is 4.79 Å². The average molecular weight is 295 g/mol. The number of nitrogens with zero attached hydrogens (tertiary/aromatic N) is 3. The van der Waals surface area contributed by atoms with Crippen LogP contribution < -0.4 is 0 Å². The summed E-state index contributed by atoms with van der Waals surface area (Å²) in [6.07, 6.45) is 5.62. The summed E-state index contributed by atoms with van der Waals surface area (Å²) in [7, 11) is 0. The van der Waals surface area contributed by atoms with Gasteiger partial charge in [0.15, 0.2) is 0 Å². The quantitative estimate of drug-likeness (QED) is 0.843. The van der Waals surface area contributed by atoms with E-state index in [1.165, 1.54) is 6.42 Å². The zero-order chi connectivity index (χ0) is 14.8. The average Bonchev–Trinajstić information content (AvgIpc) is 3.19. The van der Waals surface area contributed by atoms with Crippen LogP contribution in [0, 0.1) is 5.92 Å². The number of hydrogen-bond acceptors (Lipinski definition) is 3. The first kappa shape index (κ1) is 14.6. The molecule has 2 aliphatic heterocycles. The fourth-order valence-electron chi connectivity index (χ4n) is 3.57. The van der Waals surface area contributed by atoms with Crippen LogP contribution in [0.15, 0.2) is 0 Å². The van der Waals surface area contributed by atoms with Crippen LogP contribution in [0.1, 0.15) is 32.1 Å². The molecule has 3 fully saturated rings. The third-order valence-corrected chi connectivity index (χ3v) is 4.85. The van der Waals surface area contributed by atoms with E-state index in [0.717, 1.165) is 51.9 Å². The minimum atomic E-state index is -0.915. The molecule has 1 unspecified atom stereocenters. The topological polar surface area (TPSA) is 64.1 Å². The smallest absolute Gasteiger partial charge is 0.323 e. The van der Waals surface area contributed by atoms with E-state index in [1.54, 1.807) is 4.90 Å². The van der Waals surface area contributed by atoms with Gasteiger partial charge in [0, 0.05) is 32.2 Å². The second-order valence-electron chi connectivity index (χ2n) is 6.63. The lowest BCUT2D eigenvalue weighted by atomic mass is 10.2. The molecule has 2 heterocycles. The predicted octanol–water partition coefficient (Wildman–Crippen LogP) is 1.07. The normalized spacial score (nSPS) is 26.3. The monoisotopic (exact) mass is 295 g/mol. The largest absolute Gasteiger partial charge is 0.480 e. The van der Waals surface area contributed by atoms with Gasteiger partial charge >= 0.3 is 12.0 Å². The van der Waals surface area contributed by atoms with Crippen molar-refractivity contribution in [2.75, 3.05) is 39.3 Å². The first-order valence-electron chi connectivity index (χ1n) is 8.13. The molecule has 0 aromatic carbocycles. The van der Waals surface area contributed by atoms with E-state index in [4.69, 9.17) is 5.11 Å². The third kappa shape index (κ3) is 3.67. The molecule has 118 valence electrons. The van der Waals surface area contributed by atoms with Crippen LogP contribution in [0.4, 0.5) is 4.79 Å². The maximum Gasteiger partial charge on any atom is 0.323 e. The fraction of sp³-hybridized carbons (Fsp3) is 0.867. The lowest BCUT2D eigenvalue weighted by Crippen LogP contribution is -2.48. The number of rotatable bonds is 4. The Balaban J connectivity index is 1.63. The summed E-state index contributed by atoms with van der Waals surface area (Å²) >= 11 is 0. The first-order chi connectivity index (χ1) is 10.1. The molecule has 0 spiro atoms. The lowest BCUT2D eigenvalue weighted by Gasteiger charge is -2.31. The van der Waals surface area contributed by atoms with Gasteiger partial charge in [-0.3, -0.25) is 9.69 Å². The fourth-order valence-corrected chi connectivity index (χ4v) is 3.57. The summed E-state index contributed by atoms with van der Waals surface area (Å²) in [4.78, 5) is 29.7. The van der Waals surface area contributed by atoms with Crippen LogP contribution in [0.25, 0.3) is 0 Å². The molecule has 3 aliphatic rings.